The number of ether oxygens (including phenoxy) is 1. The molecule has 0 heterocycles. The molecule has 0 fully saturated rings. The maximum atomic E-state index is 12.6. The van der Waals surface area contributed by atoms with E-state index in [9.17, 15) is 4.79 Å². The molecule has 0 aliphatic heterocycles. The molecule has 0 saturated carbocycles. The molecule has 0 bridgehead atoms. The zero-order valence-electron chi connectivity index (χ0n) is 10.9. The van der Waals surface area contributed by atoms with Gasteiger partial charge >= 0.3 is 0 Å². The predicted octanol–water partition coefficient (Wildman–Crippen LogP) is 4.39. The Bertz CT molecular complexity index is 605. The Balaban J connectivity index is 2.47. The van der Waals surface area contributed by atoms with Crippen molar-refractivity contribution in [3.8, 4) is 5.75 Å². The lowest BCUT2D eigenvalue weighted by molar-refractivity contribution is 0.103. The first-order valence-electron chi connectivity index (χ1n) is 6.16. The van der Waals surface area contributed by atoms with Crippen LogP contribution in [0.25, 0.3) is 0 Å². The van der Waals surface area contributed by atoms with Crippen molar-refractivity contribution < 1.29 is 9.53 Å². The molecule has 0 atom stereocenters. The molecule has 0 amide bonds. The topological polar surface area (TPSA) is 26.3 Å². The summed E-state index contributed by atoms with van der Waals surface area (Å²) in [7, 11) is 0. The Kier molecular flexibility index (Phi) is 4.38. The molecule has 0 aliphatic rings. The summed E-state index contributed by atoms with van der Waals surface area (Å²) >= 11 is 3.48. The Labute approximate surface area is 121 Å². The van der Waals surface area contributed by atoms with Gasteiger partial charge in [-0.1, -0.05) is 24.3 Å². The van der Waals surface area contributed by atoms with Crippen molar-refractivity contribution in [2.45, 2.75) is 13.8 Å². The second-order valence-corrected chi connectivity index (χ2v) is 4.99. The van der Waals surface area contributed by atoms with E-state index in [0.717, 1.165) is 10.0 Å². The number of carbonyl (C=O) groups excluding carboxylic acids is 1. The van der Waals surface area contributed by atoms with E-state index in [-0.39, 0.29) is 5.78 Å². The fraction of sp³-hybridized carbons (Fsp3) is 0.188. The van der Waals surface area contributed by atoms with Gasteiger partial charge in [0.05, 0.1) is 12.2 Å². The van der Waals surface area contributed by atoms with Gasteiger partial charge in [-0.2, -0.15) is 0 Å². The molecule has 0 radical (unpaired) electrons. The van der Waals surface area contributed by atoms with Crippen molar-refractivity contribution in [3.05, 3.63) is 63.6 Å². The minimum Gasteiger partial charge on any atom is -0.493 e. The van der Waals surface area contributed by atoms with Crippen LogP contribution in [0.2, 0.25) is 0 Å². The van der Waals surface area contributed by atoms with Gasteiger partial charge in [-0.15, -0.1) is 0 Å². The van der Waals surface area contributed by atoms with Gasteiger partial charge in [0.15, 0.2) is 5.78 Å². The maximum Gasteiger partial charge on any atom is 0.197 e. The normalized spacial score (nSPS) is 10.3. The van der Waals surface area contributed by atoms with Gasteiger partial charge in [0.1, 0.15) is 5.75 Å². The molecule has 2 aromatic carbocycles. The summed E-state index contributed by atoms with van der Waals surface area (Å²) < 4.78 is 6.35. The van der Waals surface area contributed by atoms with Crippen LogP contribution < -0.4 is 4.74 Å². The molecule has 0 N–H and O–H groups in total. The van der Waals surface area contributed by atoms with Crippen LogP contribution in [-0.2, 0) is 0 Å². The fourth-order valence-electron chi connectivity index (χ4n) is 1.90. The Hall–Kier alpha value is -1.61. The van der Waals surface area contributed by atoms with Gasteiger partial charge in [-0.3, -0.25) is 4.79 Å². The van der Waals surface area contributed by atoms with Crippen LogP contribution in [0.4, 0.5) is 0 Å². The van der Waals surface area contributed by atoms with Crippen molar-refractivity contribution in [1.29, 1.82) is 0 Å². The highest BCUT2D eigenvalue weighted by atomic mass is 79.9. The van der Waals surface area contributed by atoms with Gasteiger partial charge in [0.25, 0.3) is 0 Å². The number of carbonyl (C=O) groups is 1. The summed E-state index contributed by atoms with van der Waals surface area (Å²) in [4.78, 5) is 12.6. The van der Waals surface area contributed by atoms with E-state index >= 15 is 0 Å². The number of hydrogen-bond acceptors (Lipinski definition) is 2. The van der Waals surface area contributed by atoms with Crippen molar-refractivity contribution in [3.63, 3.8) is 0 Å². The number of aryl methyl sites for hydroxylation is 1. The van der Waals surface area contributed by atoms with E-state index in [0.29, 0.717) is 23.5 Å². The van der Waals surface area contributed by atoms with Gasteiger partial charge in [-0.05, 0) is 53.5 Å². The second-order valence-electron chi connectivity index (χ2n) is 4.19. The first kappa shape index (κ1) is 13.8. The molecule has 0 aromatic heterocycles. The Morgan fingerprint density at radius 1 is 1.11 bits per heavy atom. The molecule has 0 saturated heterocycles. The number of para-hydroxylation sites is 1. The summed E-state index contributed by atoms with van der Waals surface area (Å²) in [6.45, 7) is 4.42. The lowest BCUT2D eigenvalue weighted by Crippen LogP contribution is -2.06. The van der Waals surface area contributed by atoms with Gasteiger partial charge in [-0.25, -0.2) is 0 Å². The van der Waals surface area contributed by atoms with Crippen LogP contribution in [0.15, 0.2) is 46.9 Å². The summed E-state index contributed by atoms with van der Waals surface area (Å²) in [5, 5.41) is 0. The molecule has 0 spiro atoms. The Morgan fingerprint density at radius 2 is 1.79 bits per heavy atom. The quantitative estimate of drug-likeness (QED) is 0.782. The van der Waals surface area contributed by atoms with Crippen molar-refractivity contribution in [2.75, 3.05) is 6.61 Å². The molecule has 2 aromatic rings. The average Bonchev–Trinajstić information content (AvgIpc) is 2.42. The summed E-state index contributed by atoms with van der Waals surface area (Å²) in [5.41, 5.74) is 2.29. The summed E-state index contributed by atoms with van der Waals surface area (Å²) in [6.07, 6.45) is 0. The van der Waals surface area contributed by atoms with Crippen molar-refractivity contribution in [1.82, 2.24) is 0 Å². The Morgan fingerprint density at radius 3 is 2.53 bits per heavy atom. The fourth-order valence-corrected chi connectivity index (χ4v) is 2.35. The lowest BCUT2D eigenvalue weighted by atomic mass is 10.0. The number of halogens is 1. The van der Waals surface area contributed by atoms with Crippen LogP contribution in [0.3, 0.4) is 0 Å². The average molecular weight is 319 g/mol. The maximum absolute atomic E-state index is 12.6. The number of ketones is 1. The van der Waals surface area contributed by atoms with Crippen LogP contribution in [0, 0.1) is 6.92 Å². The zero-order valence-corrected chi connectivity index (χ0v) is 12.5. The minimum absolute atomic E-state index is 0.0281. The summed E-state index contributed by atoms with van der Waals surface area (Å²) in [6, 6.07) is 13.0. The van der Waals surface area contributed by atoms with Crippen LogP contribution in [0.1, 0.15) is 28.4 Å². The molecule has 98 valence electrons. The first-order valence-corrected chi connectivity index (χ1v) is 6.96. The van der Waals surface area contributed by atoms with E-state index in [4.69, 9.17) is 4.74 Å². The first-order chi connectivity index (χ1) is 9.15. The SMILES string of the molecule is CCOc1ccccc1C(=O)c1cccc(C)c1Br. The molecular weight excluding hydrogens is 304 g/mol. The van der Waals surface area contributed by atoms with Crippen LogP contribution in [-0.4, -0.2) is 12.4 Å². The van der Waals surface area contributed by atoms with Crippen molar-refractivity contribution >= 4 is 21.7 Å². The van der Waals surface area contributed by atoms with E-state index < -0.39 is 0 Å². The van der Waals surface area contributed by atoms with E-state index in [1.165, 1.54) is 0 Å². The largest absolute Gasteiger partial charge is 0.493 e. The zero-order chi connectivity index (χ0) is 13.8. The number of benzene rings is 2. The third-order valence-corrected chi connectivity index (χ3v) is 3.92. The molecule has 2 rings (SSSR count). The third kappa shape index (κ3) is 2.87. The highest BCUT2D eigenvalue weighted by Gasteiger charge is 2.17. The molecule has 0 aliphatic carbocycles. The van der Waals surface area contributed by atoms with Gasteiger partial charge in [0.2, 0.25) is 0 Å². The van der Waals surface area contributed by atoms with Crippen molar-refractivity contribution in [2.24, 2.45) is 0 Å². The third-order valence-electron chi connectivity index (χ3n) is 2.87. The molecule has 19 heavy (non-hydrogen) atoms. The standard InChI is InChI=1S/C16H15BrO2/c1-3-19-14-10-5-4-8-12(14)16(18)13-9-6-7-11(2)15(13)17/h4-10H,3H2,1-2H3. The highest BCUT2D eigenvalue weighted by molar-refractivity contribution is 9.10. The van der Waals surface area contributed by atoms with Crippen LogP contribution in [0.5, 0.6) is 5.75 Å². The van der Waals surface area contributed by atoms with Crippen LogP contribution >= 0.6 is 15.9 Å². The lowest BCUT2D eigenvalue weighted by Gasteiger charge is -2.11. The van der Waals surface area contributed by atoms with E-state index in [2.05, 4.69) is 15.9 Å². The highest BCUT2D eigenvalue weighted by Crippen LogP contribution is 2.27. The monoisotopic (exact) mass is 318 g/mol. The molecule has 2 nitrogen and oxygen atoms in total. The minimum atomic E-state index is -0.0281. The molecule has 3 heteroatoms. The molecular formula is C16H15BrO2. The number of rotatable bonds is 4. The van der Waals surface area contributed by atoms with E-state index in [1.807, 2.05) is 50.2 Å². The van der Waals surface area contributed by atoms with E-state index in [1.54, 1.807) is 6.07 Å². The second kappa shape index (κ2) is 6.02. The predicted molar refractivity (Wildman–Crippen MR) is 79.9 cm³/mol. The smallest absolute Gasteiger partial charge is 0.197 e. The van der Waals surface area contributed by atoms with Gasteiger partial charge in [0, 0.05) is 10.0 Å². The number of hydrogen-bond donors (Lipinski definition) is 0. The summed E-state index contributed by atoms with van der Waals surface area (Å²) in [5.74, 6) is 0.600. The molecule has 0 unspecified atom stereocenters. The van der Waals surface area contributed by atoms with Gasteiger partial charge < -0.3 is 4.74 Å².